The molecule has 2 unspecified atom stereocenters. The van der Waals surface area contributed by atoms with Crippen LogP contribution >= 0.6 is 0 Å². The second-order valence-electron chi connectivity index (χ2n) is 7.30. The topological polar surface area (TPSA) is 20.2 Å². The first-order valence-corrected chi connectivity index (χ1v) is 14.3. The Kier molecular flexibility index (Phi) is 5.88. The Bertz CT molecular complexity index is 841. The van der Waals surface area contributed by atoms with Gasteiger partial charge in [-0.1, -0.05) is 0 Å². The van der Waals surface area contributed by atoms with Crippen LogP contribution in [0.5, 0.6) is 0 Å². The molecule has 1 nitrogen and oxygen atoms in total. The number of rotatable bonds is 2. The van der Waals surface area contributed by atoms with Crippen LogP contribution in [0.3, 0.4) is 0 Å². The molecule has 1 heterocycles. The van der Waals surface area contributed by atoms with E-state index in [9.17, 15) is 5.11 Å². The molecule has 0 saturated carbocycles. The zero-order valence-corrected chi connectivity index (χ0v) is 19.5. The maximum Gasteiger partial charge on any atom is -1.00 e. The van der Waals surface area contributed by atoms with Crippen LogP contribution in [0, 0.1) is 0 Å². The van der Waals surface area contributed by atoms with Crippen molar-refractivity contribution in [1.82, 2.24) is 0 Å². The van der Waals surface area contributed by atoms with Crippen molar-refractivity contribution in [2.24, 2.45) is 0 Å². The van der Waals surface area contributed by atoms with E-state index in [4.69, 9.17) is 0 Å². The van der Waals surface area contributed by atoms with Gasteiger partial charge >= 0.3 is 156 Å². The zero-order chi connectivity index (χ0) is 16.3. The molecule has 3 aliphatic rings. The van der Waals surface area contributed by atoms with Gasteiger partial charge in [0.2, 0.25) is 0 Å². The van der Waals surface area contributed by atoms with Gasteiger partial charge in [0, 0.05) is 0 Å². The van der Waals surface area contributed by atoms with Crippen molar-refractivity contribution in [3.63, 3.8) is 0 Å². The van der Waals surface area contributed by atoms with Crippen LogP contribution in [0.15, 0.2) is 58.9 Å². The van der Waals surface area contributed by atoms with E-state index >= 15 is 0 Å². The molecule has 132 valence electrons. The Morgan fingerprint density at radius 2 is 1.31 bits per heavy atom. The monoisotopic (exact) mass is 476 g/mol. The molecule has 5 rings (SSSR count). The molecule has 2 aromatic carbocycles. The van der Waals surface area contributed by atoms with Crippen molar-refractivity contribution in [1.29, 1.82) is 0 Å². The number of fused-ring (bicyclic) bond motifs is 6. The van der Waals surface area contributed by atoms with Crippen LogP contribution < -0.4 is 24.8 Å². The van der Waals surface area contributed by atoms with E-state index in [0.717, 1.165) is 13.3 Å². The summed E-state index contributed by atoms with van der Waals surface area (Å²) in [7, 11) is -1.78. The number of allylic oxidation sites excluding steroid dienone is 2. The normalized spacial score (nSPS) is 26.4. The van der Waals surface area contributed by atoms with E-state index < -0.39 is 31.3 Å². The summed E-state index contributed by atoms with van der Waals surface area (Å²) in [6.45, 7) is 2.83. The quantitative estimate of drug-likeness (QED) is 0.522. The Hall–Kier alpha value is -0.440. The molecule has 0 aromatic heterocycles. The first-order valence-electron chi connectivity index (χ1n) is 8.71. The van der Waals surface area contributed by atoms with Crippen molar-refractivity contribution in [2.75, 3.05) is 6.61 Å². The molecule has 0 bridgehead atoms. The summed E-state index contributed by atoms with van der Waals surface area (Å²) in [6, 6.07) is 19.0. The van der Waals surface area contributed by atoms with Crippen molar-refractivity contribution >= 4 is 20.2 Å². The Morgan fingerprint density at radius 3 is 1.77 bits per heavy atom. The second kappa shape index (κ2) is 7.53. The number of benzene rings is 2. The molecule has 0 amide bonds. The van der Waals surface area contributed by atoms with Gasteiger partial charge in [-0.25, -0.2) is 0 Å². The van der Waals surface area contributed by atoms with Crippen LogP contribution in [0.4, 0.5) is 0 Å². The second-order valence-corrected chi connectivity index (χ2v) is 15.3. The summed E-state index contributed by atoms with van der Waals surface area (Å²) < 4.78 is 1.45. The Morgan fingerprint density at radius 1 is 0.846 bits per heavy atom. The minimum absolute atomic E-state index is 0. The first-order chi connectivity index (χ1) is 11.7. The average molecular weight is 479 g/mol. The van der Waals surface area contributed by atoms with E-state index in [2.05, 4.69) is 67.2 Å². The number of hydrogen-bond donors (Lipinski definition) is 1. The third-order valence-corrected chi connectivity index (χ3v) is 16.8. The molecule has 5 heteroatoms. The third kappa shape index (κ3) is 2.79. The van der Waals surface area contributed by atoms with E-state index in [1.165, 1.54) is 11.1 Å². The molecule has 1 saturated heterocycles. The van der Waals surface area contributed by atoms with E-state index in [1.54, 1.807) is 21.5 Å². The summed E-state index contributed by atoms with van der Waals surface area (Å²) in [5, 5.41) is 13.3. The fourth-order valence-corrected chi connectivity index (χ4v) is 18.7. The van der Waals surface area contributed by atoms with Gasteiger partial charge in [0.25, 0.3) is 0 Å². The van der Waals surface area contributed by atoms with Gasteiger partial charge in [0.15, 0.2) is 0 Å². The van der Waals surface area contributed by atoms with Crippen LogP contribution in [0.2, 0.25) is 12.6 Å². The summed E-state index contributed by atoms with van der Waals surface area (Å²) in [5.41, 5.74) is 6.06. The molecule has 2 aliphatic carbocycles. The zero-order valence-electron chi connectivity index (χ0n) is 14.5. The maximum atomic E-state index is 9.85. The van der Waals surface area contributed by atoms with Crippen molar-refractivity contribution < 1.29 is 53.2 Å². The average Bonchev–Trinajstić information content (AvgIpc) is 3.16. The number of hydrogen-bond acceptors (Lipinski definition) is 1. The van der Waals surface area contributed by atoms with Gasteiger partial charge in [-0.05, 0) is 0 Å². The molecule has 1 N–H and O–H groups in total. The van der Waals surface area contributed by atoms with Crippen LogP contribution in [0.25, 0.3) is 12.2 Å². The van der Waals surface area contributed by atoms with Crippen LogP contribution in [-0.4, -0.2) is 19.8 Å². The maximum absolute atomic E-state index is 9.85. The molecule has 26 heavy (non-hydrogen) atoms. The molecule has 0 spiro atoms. The van der Waals surface area contributed by atoms with Gasteiger partial charge in [-0.15, -0.1) is 0 Å². The fourth-order valence-electron chi connectivity index (χ4n) is 4.81. The predicted octanol–water partition coefficient (Wildman–Crippen LogP) is -1.48. The number of halogens is 2. The molecular formula is C21H20Cl2OSiZr. The molecule has 2 atom stereocenters. The first kappa shape index (κ1) is 20.3. The third-order valence-electron chi connectivity index (χ3n) is 6.08. The van der Waals surface area contributed by atoms with Crippen molar-refractivity contribution in [2.45, 2.75) is 19.8 Å². The van der Waals surface area contributed by atoms with E-state index in [0.29, 0.717) is 6.61 Å². The van der Waals surface area contributed by atoms with Gasteiger partial charge in [-0.3, -0.25) is 0 Å². The summed E-state index contributed by atoms with van der Waals surface area (Å²) in [4.78, 5) is 0. The number of aliphatic hydroxyl groups excluding tert-OH is 1. The van der Waals surface area contributed by atoms with Crippen molar-refractivity contribution in [3.8, 4) is 0 Å². The molecule has 0 radical (unpaired) electrons. The largest absolute Gasteiger partial charge is 1.00 e. The minimum Gasteiger partial charge on any atom is -1.00 e. The minimum atomic E-state index is -1.78. The van der Waals surface area contributed by atoms with Gasteiger partial charge in [0.1, 0.15) is 0 Å². The van der Waals surface area contributed by atoms with Crippen molar-refractivity contribution in [3.05, 3.63) is 81.2 Å². The Balaban J connectivity index is 0.000000980. The molecule has 1 aliphatic heterocycles. The smallest absolute Gasteiger partial charge is 1.00 e. The van der Waals surface area contributed by atoms with Crippen LogP contribution in [-0.2, 0) is 23.2 Å². The standard InChI is InChI=1S/C21H20OSi.2ClH.Zr/c1-23(11-10-22,20-12-16-6-2-3-7-17(16)13-20)21-14-18-8-4-5-9-19(18)15-21;;;/h2-9,12-15,22H,10-11H2,1H3;2*1H;/q;;;+2/p-2. The summed E-state index contributed by atoms with van der Waals surface area (Å²) in [5.74, 6) is 0. The molecular weight excluding hydrogens is 458 g/mol. The van der Waals surface area contributed by atoms with Crippen LogP contribution in [0.1, 0.15) is 29.5 Å². The SMILES string of the molecule is C[Si]1(CCO)C2=Cc3ccccc3[CH]2[Zr+2][CH]2C1=Cc1ccccc12.[Cl-].[Cl-]. The molecule has 2 aromatic rings. The van der Waals surface area contributed by atoms with E-state index in [1.807, 2.05) is 0 Å². The number of aliphatic hydroxyl groups is 1. The predicted molar refractivity (Wildman–Crippen MR) is 97.8 cm³/mol. The summed E-state index contributed by atoms with van der Waals surface area (Å²) in [6.07, 6.45) is 5.01. The Labute approximate surface area is 180 Å². The summed E-state index contributed by atoms with van der Waals surface area (Å²) >= 11 is -0.659. The molecule has 1 fully saturated rings. The van der Waals surface area contributed by atoms with E-state index in [-0.39, 0.29) is 24.8 Å². The van der Waals surface area contributed by atoms with Gasteiger partial charge < -0.3 is 24.8 Å². The van der Waals surface area contributed by atoms with Gasteiger partial charge in [-0.2, -0.15) is 0 Å². The fraction of sp³-hybridized carbons (Fsp3) is 0.238. The van der Waals surface area contributed by atoms with Gasteiger partial charge in [0.05, 0.1) is 0 Å².